The van der Waals surface area contributed by atoms with Crippen LogP contribution in [0.25, 0.3) is 10.9 Å². The van der Waals surface area contributed by atoms with Crippen LogP contribution in [-0.2, 0) is 4.79 Å². The van der Waals surface area contributed by atoms with Crippen molar-refractivity contribution in [3.63, 3.8) is 0 Å². The van der Waals surface area contributed by atoms with E-state index in [-0.39, 0.29) is 12.5 Å². The Kier molecular flexibility index (Phi) is 6.52. The summed E-state index contributed by atoms with van der Waals surface area (Å²) in [7, 11) is 0. The van der Waals surface area contributed by atoms with Crippen LogP contribution >= 0.6 is 11.8 Å². The second kappa shape index (κ2) is 8.62. The monoisotopic (exact) mass is 368 g/mol. The number of aromatic nitrogens is 1. The highest BCUT2D eigenvalue weighted by Crippen LogP contribution is 2.23. The first-order chi connectivity index (χ1) is 12.4. The van der Waals surface area contributed by atoms with E-state index in [9.17, 15) is 4.79 Å². The van der Waals surface area contributed by atoms with Gasteiger partial charge in [-0.25, -0.2) is 0 Å². The lowest BCUT2D eigenvalue weighted by Gasteiger charge is -2.23. The molecule has 1 aromatic carbocycles. The minimum Gasteiger partial charge on any atom is -0.470 e. The number of pyridine rings is 1. The fourth-order valence-corrected chi connectivity index (χ4v) is 2.61. The zero-order valence-corrected chi connectivity index (χ0v) is 15.7. The third kappa shape index (κ3) is 5.16. The van der Waals surface area contributed by atoms with Crippen LogP contribution in [0.5, 0.6) is 5.75 Å². The number of hydrogen-bond acceptors (Lipinski definition) is 5. The van der Waals surface area contributed by atoms with Gasteiger partial charge < -0.3 is 15.2 Å². The summed E-state index contributed by atoms with van der Waals surface area (Å²) >= 11 is 1.28. The first-order valence-electron chi connectivity index (χ1n) is 7.87. The summed E-state index contributed by atoms with van der Waals surface area (Å²) in [6, 6.07) is 7.23. The normalized spacial score (nSPS) is 11.8. The number of nitrogens with zero attached hydrogens (tertiary/aromatic N) is 1. The first-order valence-corrected chi connectivity index (χ1v) is 9.16. The molecular formula is C20H20N2O3S. The third-order valence-electron chi connectivity index (χ3n) is 3.43. The topological polar surface area (TPSA) is 71.5 Å². The molecule has 1 aromatic heterocycles. The maximum absolute atomic E-state index is 12.4. The summed E-state index contributed by atoms with van der Waals surface area (Å²) in [5, 5.41) is 12.4. The second-order valence-electron chi connectivity index (χ2n) is 5.98. The number of rotatable bonds is 5. The van der Waals surface area contributed by atoms with Gasteiger partial charge in [0, 0.05) is 17.1 Å². The molecule has 5 nitrogen and oxygen atoms in total. The predicted molar refractivity (Wildman–Crippen MR) is 105 cm³/mol. The number of terminal acetylenes is 1. The van der Waals surface area contributed by atoms with Gasteiger partial charge in [0.15, 0.2) is 0 Å². The largest absolute Gasteiger partial charge is 0.470 e. The van der Waals surface area contributed by atoms with Crippen molar-refractivity contribution >= 4 is 28.6 Å². The Hall–Kier alpha value is -2.67. The molecule has 0 aliphatic heterocycles. The van der Waals surface area contributed by atoms with Crippen molar-refractivity contribution in [2.75, 3.05) is 12.9 Å². The average Bonchev–Trinajstić information content (AvgIpc) is 2.63. The molecule has 1 atom stereocenters. The van der Waals surface area contributed by atoms with Crippen molar-refractivity contribution in [2.24, 2.45) is 0 Å². The number of nitrogens with one attached hydrogen (secondary N) is 1. The molecule has 2 aromatic rings. The lowest BCUT2D eigenvalue weighted by molar-refractivity contribution is -0.125. The zero-order chi connectivity index (χ0) is 19.2. The van der Waals surface area contributed by atoms with Crippen molar-refractivity contribution in [1.29, 1.82) is 0 Å². The number of hydrogen-bond donors (Lipinski definition) is 2. The number of ether oxygens (including phenoxy) is 1. The molecule has 0 aliphatic carbocycles. The Balaban J connectivity index is 2.22. The summed E-state index contributed by atoms with van der Waals surface area (Å²) in [6.45, 7) is 3.29. The van der Waals surface area contributed by atoms with E-state index in [1.165, 1.54) is 11.8 Å². The van der Waals surface area contributed by atoms with Gasteiger partial charge in [-0.15, -0.1) is 18.2 Å². The van der Waals surface area contributed by atoms with Gasteiger partial charge in [0.2, 0.25) is 5.44 Å². The lowest BCUT2D eigenvalue weighted by Crippen LogP contribution is -2.47. The Morgan fingerprint density at radius 2 is 2.23 bits per heavy atom. The fourth-order valence-electron chi connectivity index (χ4n) is 2.13. The summed E-state index contributed by atoms with van der Waals surface area (Å²) in [4.78, 5) is 16.7. The molecule has 1 amide bonds. The highest BCUT2D eigenvalue weighted by Gasteiger charge is 2.25. The molecule has 6 heteroatoms. The smallest absolute Gasteiger partial charge is 0.272 e. The molecule has 2 N–H and O–H groups in total. The Morgan fingerprint density at radius 1 is 1.46 bits per heavy atom. The van der Waals surface area contributed by atoms with Crippen molar-refractivity contribution in [1.82, 2.24) is 10.3 Å². The van der Waals surface area contributed by atoms with Crippen LogP contribution in [0, 0.1) is 24.2 Å². The molecular weight excluding hydrogens is 348 g/mol. The molecule has 0 fully saturated rings. The minimum atomic E-state index is -0.748. The standard InChI is InChI=1S/C20H20N2O3S/c1-5-20(2,3)22-18(24)19(26-4)25-16-8-9-17-15(12-16)11-14(13-21-17)7-6-10-23/h1,8-9,11-13,19,23H,10H2,2-4H3,(H,22,24). The molecule has 134 valence electrons. The van der Waals surface area contributed by atoms with Crippen LogP contribution in [0.1, 0.15) is 19.4 Å². The predicted octanol–water partition coefficient (Wildman–Crippen LogP) is 2.17. The van der Waals surface area contributed by atoms with Crippen molar-refractivity contribution < 1.29 is 14.6 Å². The van der Waals surface area contributed by atoms with E-state index in [1.54, 1.807) is 38.4 Å². The van der Waals surface area contributed by atoms with Crippen LogP contribution in [0.2, 0.25) is 0 Å². The molecule has 0 aliphatic rings. The van der Waals surface area contributed by atoms with Crippen molar-refractivity contribution in [3.8, 4) is 29.9 Å². The quantitative estimate of drug-likeness (QED) is 0.625. The number of carbonyl (C=O) groups excluding carboxylic acids is 1. The summed E-state index contributed by atoms with van der Waals surface area (Å²) in [5.74, 6) is 8.18. The molecule has 2 rings (SSSR count). The van der Waals surface area contributed by atoms with Gasteiger partial charge in [-0.1, -0.05) is 17.8 Å². The zero-order valence-electron chi connectivity index (χ0n) is 14.9. The van der Waals surface area contributed by atoms with Crippen LogP contribution < -0.4 is 10.1 Å². The highest BCUT2D eigenvalue weighted by molar-refractivity contribution is 7.99. The van der Waals surface area contributed by atoms with Gasteiger partial charge >= 0.3 is 0 Å². The lowest BCUT2D eigenvalue weighted by atomic mass is 10.1. The van der Waals surface area contributed by atoms with E-state index in [2.05, 4.69) is 28.1 Å². The van der Waals surface area contributed by atoms with E-state index < -0.39 is 11.0 Å². The molecule has 0 radical (unpaired) electrons. The third-order valence-corrected chi connectivity index (χ3v) is 4.17. The first kappa shape index (κ1) is 19.7. The number of amides is 1. The molecule has 0 bridgehead atoms. The van der Waals surface area contributed by atoms with Gasteiger partial charge in [0.25, 0.3) is 5.91 Å². The molecule has 26 heavy (non-hydrogen) atoms. The molecule has 0 spiro atoms. The minimum absolute atomic E-state index is 0.209. The average molecular weight is 368 g/mol. The van der Waals surface area contributed by atoms with Gasteiger partial charge in [0.05, 0.1) is 11.1 Å². The van der Waals surface area contributed by atoms with Crippen molar-refractivity contribution in [2.45, 2.75) is 24.8 Å². The number of fused-ring (bicyclic) bond motifs is 1. The van der Waals surface area contributed by atoms with Crippen LogP contribution in [0.15, 0.2) is 30.5 Å². The molecule has 0 saturated carbocycles. The van der Waals surface area contributed by atoms with Gasteiger partial charge in [-0.3, -0.25) is 9.78 Å². The second-order valence-corrected chi connectivity index (χ2v) is 6.88. The summed E-state index contributed by atoms with van der Waals surface area (Å²) in [5.41, 5.74) is -0.00306. The van der Waals surface area contributed by atoms with Gasteiger partial charge in [-0.05, 0) is 44.4 Å². The number of benzene rings is 1. The van der Waals surface area contributed by atoms with E-state index in [4.69, 9.17) is 16.3 Å². The van der Waals surface area contributed by atoms with Crippen LogP contribution in [0.4, 0.5) is 0 Å². The maximum atomic E-state index is 12.4. The van der Waals surface area contributed by atoms with Gasteiger partial charge in [-0.2, -0.15) is 0 Å². The Bertz CT molecular complexity index is 907. The number of thioether (sulfide) groups is 1. The van der Waals surface area contributed by atoms with E-state index >= 15 is 0 Å². The van der Waals surface area contributed by atoms with Crippen molar-refractivity contribution in [3.05, 3.63) is 36.0 Å². The Labute approximate surface area is 157 Å². The molecule has 1 heterocycles. The summed E-state index contributed by atoms with van der Waals surface area (Å²) < 4.78 is 5.82. The Morgan fingerprint density at radius 3 is 2.88 bits per heavy atom. The van der Waals surface area contributed by atoms with Gasteiger partial charge in [0.1, 0.15) is 12.4 Å². The van der Waals surface area contributed by atoms with Crippen LogP contribution in [-0.4, -0.2) is 39.8 Å². The number of aliphatic hydroxyl groups excluding tert-OH is 1. The summed E-state index contributed by atoms with van der Waals surface area (Å²) in [6.07, 6.45) is 8.85. The van der Waals surface area contributed by atoms with E-state index in [0.717, 1.165) is 10.9 Å². The van der Waals surface area contributed by atoms with Crippen LogP contribution in [0.3, 0.4) is 0 Å². The maximum Gasteiger partial charge on any atom is 0.272 e. The number of carbonyl (C=O) groups is 1. The fraction of sp³-hybridized carbons (Fsp3) is 0.300. The van der Waals surface area contributed by atoms with E-state index in [0.29, 0.717) is 11.3 Å². The highest BCUT2D eigenvalue weighted by atomic mass is 32.2. The van der Waals surface area contributed by atoms with E-state index in [1.807, 2.05) is 12.1 Å². The SMILES string of the molecule is C#CC(C)(C)NC(=O)C(Oc1ccc2ncc(C#CCO)cc2c1)SC. The molecule has 1 unspecified atom stereocenters. The molecule has 0 saturated heterocycles. The number of aliphatic hydroxyl groups is 1.